The number of aromatic amines is 1. The minimum Gasteiger partial charge on any atom is -0.493 e. The van der Waals surface area contributed by atoms with Gasteiger partial charge in [0.05, 0.1) is 38.9 Å². The maximum absolute atomic E-state index is 13.3. The smallest absolute Gasteiger partial charge is 0.337 e. The average Bonchev–Trinajstić information content (AvgIpc) is 3.31. The molecule has 0 fully saturated rings. The second kappa shape index (κ2) is 9.01. The maximum Gasteiger partial charge on any atom is 0.337 e. The van der Waals surface area contributed by atoms with Gasteiger partial charge in [-0.1, -0.05) is 12.1 Å². The summed E-state index contributed by atoms with van der Waals surface area (Å²) in [4.78, 5) is 34.5. The summed E-state index contributed by atoms with van der Waals surface area (Å²) in [5.74, 6) is 0.701. The number of anilines is 1. The van der Waals surface area contributed by atoms with Crippen LogP contribution >= 0.6 is 0 Å². The van der Waals surface area contributed by atoms with Crippen LogP contribution < -0.4 is 14.8 Å². The second-order valence-corrected chi connectivity index (χ2v) is 7.23. The molecule has 2 N–H and O–H groups in total. The van der Waals surface area contributed by atoms with Crippen LogP contribution in [0.2, 0.25) is 0 Å². The molecular formula is C23H24N4O5. The molecule has 0 aliphatic carbocycles. The minimum absolute atomic E-state index is 0.305. The number of imidazole rings is 1. The topological polar surface area (TPSA) is 106 Å². The van der Waals surface area contributed by atoms with Crippen LogP contribution in [-0.2, 0) is 11.2 Å². The Labute approximate surface area is 185 Å². The van der Waals surface area contributed by atoms with E-state index in [0.29, 0.717) is 35.7 Å². The molecule has 1 aliphatic heterocycles. The number of nitrogens with one attached hydrogen (secondary N) is 2. The molecule has 1 aliphatic rings. The molecule has 0 saturated carbocycles. The summed E-state index contributed by atoms with van der Waals surface area (Å²) in [5, 5.41) is 2.89. The molecule has 3 aromatic rings. The monoisotopic (exact) mass is 436 g/mol. The number of hydrogen-bond acceptors (Lipinski definition) is 6. The van der Waals surface area contributed by atoms with Gasteiger partial charge in [0.2, 0.25) is 0 Å². The van der Waals surface area contributed by atoms with Crippen molar-refractivity contribution in [3.8, 4) is 11.5 Å². The van der Waals surface area contributed by atoms with Crippen LogP contribution in [0.3, 0.4) is 0 Å². The number of carbonyl (C=O) groups is 2. The van der Waals surface area contributed by atoms with E-state index in [2.05, 4.69) is 15.3 Å². The second-order valence-electron chi connectivity index (χ2n) is 7.23. The Balaban J connectivity index is 1.67. The Morgan fingerprint density at radius 1 is 1.09 bits per heavy atom. The molecular weight excluding hydrogens is 412 g/mol. The van der Waals surface area contributed by atoms with E-state index in [1.807, 2.05) is 18.2 Å². The highest BCUT2D eigenvalue weighted by atomic mass is 16.5. The van der Waals surface area contributed by atoms with Gasteiger partial charge in [-0.05, 0) is 35.9 Å². The summed E-state index contributed by atoms with van der Waals surface area (Å²) in [6.45, 7) is 0.483. The minimum atomic E-state index is -0.469. The number of nitrogens with zero attached hydrogens (tertiary/aromatic N) is 2. The molecule has 0 saturated heterocycles. The predicted octanol–water partition coefficient (Wildman–Crippen LogP) is 3.39. The number of fused-ring (bicyclic) bond motifs is 1. The molecule has 0 spiro atoms. The number of H-pyrrole nitrogens is 1. The van der Waals surface area contributed by atoms with Crippen molar-refractivity contribution < 1.29 is 23.8 Å². The number of urea groups is 1. The third-order valence-electron chi connectivity index (χ3n) is 5.44. The molecule has 4 rings (SSSR count). The van der Waals surface area contributed by atoms with E-state index in [0.717, 1.165) is 17.0 Å². The highest BCUT2D eigenvalue weighted by molar-refractivity contribution is 5.94. The lowest BCUT2D eigenvalue weighted by molar-refractivity contribution is 0.0600. The number of rotatable bonds is 5. The number of hydrogen-bond donors (Lipinski definition) is 2. The van der Waals surface area contributed by atoms with Gasteiger partial charge >= 0.3 is 12.0 Å². The molecule has 1 aromatic heterocycles. The zero-order valence-electron chi connectivity index (χ0n) is 18.0. The average molecular weight is 436 g/mol. The Hall–Kier alpha value is -4.01. The molecule has 0 bridgehead atoms. The van der Waals surface area contributed by atoms with Crippen molar-refractivity contribution in [2.75, 3.05) is 33.2 Å². The van der Waals surface area contributed by atoms with Crippen molar-refractivity contribution >= 4 is 17.7 Å². The van der Waals surface area contributed by atoms with Crippen LogP contribution in [0.4, 0.5) is 10.5 Å². The molecule has 0 radical (unpaired) electrons. The molecule has 32 heavy (non-hydrogen) atoms. The lowest BCUT2D eigenvalue weighted by Crippen LogP contribution is -2.43. The van der Waals surface area contributed by atoms with Crippen LogP contribution in [0.25, 0.3) is 0 Å². The molecule has 0 unspecified atom stereocenters. The third kappa shape index (κ3) is 3.96. The number of ether oxygens (including phenoxy) is 3. The summed E-state index contributed by atoms with van der Waals surface area (Å²) >= 11 is 0. The number of esters is 1. The largest absolute Gasteiger partial charge is 0.493 e. The molecule has 2 amide bonds. The number of carbonyl (C=O) groups excluding carboxylic acids is 2. The maximum atomic E-state index is 13.3. The van der Waals surface area contributed by atoms with E-state index in [1.54, 1.807) is 49.7 Å². The standard InChI is InChI=1S/C23H24N4O5/c1-30-18-8-7-14(12-19(18)31-2)21-20-17(24-13-25-20)9-10-27(21)23(29)26-16-6-4-5-15(11-16)22(28)32-3/h4-8,11-13,21H,9-10H2,1-3H3,(H,24,25)(H,26,29)/t21-/m0/s1. The molecule has 9 heteroatoms. The van der Waals surface area contributed by atoms with Crippen molar-refractivity contribution in [1.82, 2.24) is 14.9 Å². The lowest BCUT2D eigenvalue weighted by atomic mass is 9.95. The van der Waals surface area contributed by atoms with Gasteiger partial charge in [-0.2, -0.15) is 0 Å². The first-order chi connectivity index (χ1) is 15.5. The van der Waals surface area contributed by atoms with Gasteiger partial charge in [0.25, 0.3) is 0 Å². The first kappa shape index (κ1) is 21.2. The molecule has 9 nitrogen and oxygen atoms in total. The van der Waals surface area contributed by atoms with E-state index in [1.165, 1.54) is 7.11 Å². The fourth-order valence-electron chi connectivity index (χ4n) is 3.89. The summed E-state index contributed by atoms with van der Waals surface area (Å²) in [5.41, 5.74) is 3.46. The summed E-state index contributed by atoms with van der Waals surface area (Å²) in [6.07, 6.45) is 2.29. The fraction of sp³-hybridized carbons (Fsp3) is 0.261. The van der Waals surface area contributed by atoms with Gasteiger partial charge in [-0.25, -0.2) is 14.6 Å². The van der Waals surface area contributed by atoms with Crippen molar-refractivity contribution in [2.24, 2.45) is 0 Å². The van der Waals surface area contributed by atoms with Gasteiger partial charge in [-0.15, -0.1) is 0 Å². The first-order valence-electron chi connectivity index (χ1n) is 10.1. The lowest BCUT2D eigenvalue weighted by Gasteiger charge is -2.35. The number of aromatic nitrogens is 2. The zero-order valence-corrected chi connectivity index (χ0v) is 18.0. The van der Waals surface area contributed by atoms with Crippen LogP contribution in [0.15, 0.2) is 48.8 Å². The quantitative estimate of drug-likeness (QED) is 0.594. The van der Waals surface area contributed by atoms with E-state index >= 15 is 0 Å². The van der Waals surface area contributed by atoms with Crippen LogP contribution in [-0.4, -0.2) is 54.7 Å². The Morgan fingerprint density at radius 2 is 1.91 bits per heavy atom. The van der Waals surface area contributed by atoms with Gasteiger partial charge in [0.15, 0.2) is 11.5 Å². The number of benzene rings is 2. The van der Waals surface area contributed by atoms with Crippen LogP contribution in [0.1, 0.15) is 33.4 Å². The third-order valence-corrected chi connectivity index (χ3v) is 5.44. The van der Waals surface area contributed by atoms with E-state index in [-0.39, 0.29) is 6.03 Å². The van der Waals surface area contributed by atoms with E-state index < -0.39 is 12.0 Å². The van der Waals surface area contributed by atoms with Gasteiger partial charge in [0.1, 0.15) is 6.04 Å². The molecule has 2 heterocycles. The molecule has 1 atom stereocenters. The van der Waals surface area contributed by atoms with E-state index in [9.17, 15) is 9.59 Å². The zero-order chi connectivity index (χ0) is 22.7. The summed E-state index contributed by atoms with van der Waals surface area (Å²) in [6, 6.07) is 11.5. The van der Waals surface area contributed by atoms with Crippen molar-refractivity contribution in [3.63, 3.8) is 0 Å². The highest BCUT2D eigenvalue weighted by Crippen LogP contribution is 2.38. The highest BCUT2D eigenvalue weighted by Gasteiger charge is 2.34. The Kier molecular flexibility index (Phi) is 5.98. The van der Waals surface area contributed by atoms with Gasteiger partial charge < -0.3 is 29.4 Å². The number of amides is 2. The van der Waals surface area contributed by atoms with Crippen LogP contribution in [0, 0.1) is 0 Å². The van der Waals surface area contributed by atoms with Crippen molar-refractivity contribution in [1.29, 1.82) is 0 Å². The SMILES string of the molecule is COC(=O)c1cccc(NC(=O)N2CCc3[nH]cnc3[C@@H]2c2ccc(OC)c(OC)c2)c1. The predicted molar refractivity (Wildman–Crippen MR) is 117 cm³/mol. The fourth-order valence-corrected chi connectivity index (χ4v) is 3.89. The summed E-state index contributed by atoms with van der Waals surface area (Å²) < 4.78 is 15.6. The van der Waals surface area contributed by atoms with Crippen molar-refractivity contribution in [2.45, 2.75) is 12.5 Å². The van der Waals surface area contributed by atoms with Gasteiger partial charge in [0, 0.05) is 24.3 Å². The Bertz CT molecular complexity index is 1140. The van der Waals surface area contributed by atoms with Crippen molar-refractivity contribution in [3.05, 3.63) is 71.3 Å². The molecule has 166 valence electrons. The summed E-state index contributed by atoms with van der Waals surface area (Å²) in [7, 11) is 4.46. The normalized spacial score (nSPS) is 15.0. The Morgan fingerprint density at radius 3 is 2.66 bits per heavy atom. The van der Waals surface area contributed by atoms with Gasteiger partial charge in [-0.3, -0.25) is 0 Å². The van der Waals surface area contributed by atoms with Crippen LogP contribution in [0.5, 0.6) is 11.5 Å². The molecule has 2 aromatic carbocycles. The van der Waals surface area contributed by atoms with E-state index in [4.69, 9.17) is 14.2 Å². The number of methoxy groups -OCH3 is 3. The first-order valence-corrected chi connectivity index (χ1v) is 10.1.